The molecule has 126 valence electrons. The van der Waals surface area contributed by atoms with Crippen molar-refractivity contribution in [2.45, 2.75) is 26.2 Å². The molecule has 2 aromatic carbocycles. The lowest BCUT2D eigenvalue weighted by molar-refractivity contribution is -0.117. The zero-order chi connectivity index (χ0) is 17.8. The van der Waals surface area contributed by atoms with E-state index in [-0.39, 0.29) is 5.91 Å². The molecular weight excluding hydrogens is 332 g/mol. The number of rotatable bonds is 2. The largest absolute Gasteiger partial charge is 0.352 e. The summed E-state index contributed by atoms with van der Waals surface area (Å²) in [6, 6.07) is 13.5. The van der Waals surface area contributed by atoms with Gasteiger partial charge in [-0.2, -0.15) is 5.26 Å². The number of carbonyl (C=O) groups is 1. The molecule has 2 aromatic rings. The van der Waals surface area contributed by atoms with Crippen LogP contribution in [0.4, 0.5) is 0 Å². The Morgan fingerprint density at radius 3 is 2.84 bits per heavy atom. The molecule has 1 heterocycles. The summed E-state index contributed by atoms with van der Waals surface area (Å²) in [5.74, 6) is -0.0106. The van der Waals surface area contributed by atoms with Gasteiger partial charge < -0.3 is 5.32 Å². The maximum atomic E-state index is 12.2. The van der Waals surface area contributed by atoms with Crippen molar-refractivity contribution in [3.05, 3.63) is 63.7 Å². The molecule has 1 aliphatic heterocycles. The Balaban J connectivity index is 2.13. The monoisotopic (exact) mass is 350 g/mol. The molecule has 0 saturated carbocycles. The maximum Gasteiger partial charge on any atom is 0.247 e. The second-order valence-corrected chi connectivity index (χ2v) is 6.68. The van der Waals surface area contributed by atoms with Gasteiger partial charge in [0, 0.05) is 17.1 Å². The Hall–Kier alpha value is -2.57. The van der Waals surface area contributed by atoms with Crippen LogP contribution in [-0.2, 0) is 4.79 Å². The van der Waals surface area contributed by atoms with E-state index in [9.17, 15) is 10.1 Å². The minimum atomic E-state index is -0.0106. The van der Waals surface area contributed by atoms with Crippen LogP contribution >= 0.6 is 11.6 Å². The molecule has 0 aliphatic carbocycles. The average molecular weight is 351 g/mol. The third-order valence-electron chi connectivity index (χ3n) is 4.49. The lowest BCUT2D eigenvalue weighted by Crippen LogP contribution is -2.23. The molecule has 4 heteroatoms. The number of nitrogens with zero attached hydrogens (tertiary/aromatic N) is 1. The second kappa shape index (κ2) is 7.55. The fourth-order valence-corrected chi connectivity index (χ4v) is 3.29. The number of nitriles is 1. The van der Waals surface area contributed by atoms with Gasteiger partial charge in [-0.1, -0.05) is 23.7 Å². The van der Waals surface area contributed by atoms with Gasteiger partial charge in [-0.25, -0.2) is 0 Å². The molecule has 1 N–H and O–H groups in total. The Bertz CT molecular complexity index is 893. The molecule has 1 fully saturated rings. The van der Waals surface area contributed by atoms with E-state index in [1.54, 1.807) is 0 Å². The number of hydrogen-bond donors (Lipinski definition) is 1. The summed E-state index contributed by atoms with van der Waals surface area (Å²) in [6.45, 7) is 2.74. The Morgan fingerprint density at radius 2 is 2.08 bits per heavy atom. The number of amides is 1. The van der Waals surface area contributed by atoms with E-state index in [4.69, 9.17) is 11.6 Å². The standard InChI is InChI=1S/C21H19ClN2O/c1-14-18(11-17-5-2-3-8-24-21(17)25)9-15(13-23)10-20(14)16-6-4-7-19(22)12-16/h4,6-7,9-12H,2-3,5,8H2,1H3,(H,24,25)/b17-11+. The Morgan fingerprint density at radius 1 is 1.24 bits per heavy atom. The molecule has 0 spiro atoms. The lowest BCUT2D eigenvalue weighted by Gasteiger charge is -2.12. The van der Waals surface area contributed by atoms with Gasteiger partial charge in [0.05, 0.1) is 11.6 Å². The van der Waals surface area contributed by atoms with Gasteiger partial charge >= 0.3 is 0 Å². The first-order valence-corrected chi connectivity index (χ1v) is 8.76. The van der Waals surface area contributed by atoms with E-state index in [2.05, 4.69) is 11.4 Å². The first kappa shape index (κ1) is 17.3. The topological polar surface area (TPSA) is 52.9 Å². The highest BCUT2D eigenvalue weighted by Gasteiger charge is 2.15. The number of benzene rings is 2. The van der Waals surface area contributed by atoms with Gasteiger partial charge in [0.15, 0.2) is 0 Å². The Labute approximate surface area is 152 Å². The first-order valence-electron chi connectivity index (χ1n) is 8.38. The van der Waals surface area contributed by atoms with E-state index in [1.165, 1.54) is 0 Å². The third-order valence-corrected chi connectivity index (χ3v) is 4.73. The molecule has 1 aliphatic rings. The van der Waals surface area contributed by atoms with Crippen LogP contribution in [0.1, 0.15) is 36.0 Å². The van der Waals surface area contributed by atoms with Gasteiger partial charge in [0.1, 0.15) is 0 Å². The SMILES string of the molecule is Cc1c(/C=C2\CCCCNC2=O)cc(C#N)cc1-c1cccc(Cl)c1. The molecule has 1 saturated heterocycles. The van der Waals surface area contributed by atoms with Crippen molar-refractivity contribution in [2.75, 3.05) is 6.54 Å². The maximum absolute atomic E-state index is 12.2. The molecule has 0 aromatic heterocycles. The highest BCUT2D eigenvalue weighted by atomic mass is 35.5. The fourth-order valence-electron chi connectivity index (χ4n) is 3.10. The van der Waals surface area contributed by atoms with Crippen LogP contribution in [0.15, 0.2) is 42.0 Å². The van der Waals surface area contributed by atoms with Crippen molar-refractivity contribution in [2.24, 2.45) is 0 Å². The molecule has 0 bridgehead atoms. The van der Waals surface area contributed by atoms with E-state index in [1.807, 2.05) is 49.4 Å². The number of halogens is 1. The summed E-state index contributed by atoms with van der Waals surface area (Å²) in [6.07, 6.45) is 4.66. The van der Waals surface area contributed by atoms with Gasteiger partial charge in [-0.05, 0) is 78.8 Å². The summed E-state index contributed by atoms with van der Waals surface area (Å²) < 4.78 is 0. The number of nitrogens with one attached hydrogen (secondary N) is 1. The molecule has 0 unspecified atom stereocenters. The van der Waals surface area contributed by atoms with Crippen molar-refractivity contribution in [3.8, 4) is 17.2 Å². The van der Waals surface area contributed by atoms with Gasteiger partial charge in [-0.15, -0.1) is 0 Å². The van der Waals surface area contributed by atoms with Crippen LogP contribution in [0.25, 0.3) is 17.2 Å². The number of hydrogen-bond acceptors (Lipinski definition) is 2. The smallest absolute Gasteiger partial charge is 0.247 e. The van der Waals surface area contributed by atoms with Crippen LogP contribution in [0, 0.1) is 18.3 Å². The summed E-state index contributed by atoms with van der Waals surface area (Å²) in [5.41, 5.74) is 5.20. The van der Waals surface area contributed by atoms with Gasteiger partial charge in [0.2, 0.25) is 5.91 Å². The van der Waals surface area contributed by atoms with E-state index in [0.717, 1.165) is 53.6 Å². The van der Waals surface area contributed by atoms with Crippen LogP contribution in [-0.4, -0.2) is 12.5 Å². The van der Waals surface area contributed by atoms with Crippen molar-refractivity contribution in [3.63, 3.8) is 0 Å². The van der Waals surface area contributed by atoms with E-state index in [0.29, 0.717) is 10.6 Å². The zero-order valence-corrected chi connectivity index (χ0v) is 14.9. The van der Waals surface area contributed by atoms with E-state index >= 15 is 0 Å². The predicted octanol–water partition coefficient (Wildman–Crippen LogP) is 4.87. The normalized spacial score (nSPS) is 16.2. The van der Waals surface area contributed by atoms with Crippen LogP contribution < -0.4 is 5.32 Å². The molecule has 25 heavy (non-hydrogen) atoms. The minimum Gasteiger partial charge on any atom is -0.352 e. The van der Waals surface area contributed by atoms with Crippen LogP contribution in [0.3, 0.4) is 0 Å². The average Bonchev–Trinajstić information content (AvgIpc) is 2.81. The van der Waals surface area contributed by atoms with Crippen LogP contribution in [0.2, 0.25) is 5.02 Å². The Kier molecular flexibility index (Phi) is 5.21. The van der Waals surface area contributed by atoms with Crippen LogP contribution in [0.5, 0.6) is 0 Å². The van der Waals surface area contributed by atoms with Gasteiger partial charge in [0.25, 0.3) is 0 Å². The third kappa shape index (κ3) is 3.92. The number of carbonyl (C=O) groups excluding carboxylic acids is 1. The lowest BCUT2D eigenvalue weighted by atomic mass is 9.92. The summed E-state index contributed by atoms with van der Waals surface area (Å²) in [7, 11) is 0. The second-order valence-electron chi connectivity index (χ2n) is 6.24. The zero-order valence-electron chi connectivity index (χ0n) is 14.1. The summed E-state index contributed by atoms with van der Waals surface area (Å²) in [5, 5.41) is 13.0. The molecule has 1 amide bonds. The van der Waals surface area contributed by atoms with Crippen molar-refractivity contribution in [1.82, 2.24) is 5.32 Å². The highest BCUT2D eigenvalue weighted by molar-refractivity contribution is 6.30. The molecule has 3 nitrogen and oxygen atoms in total. The summed E-state index contributed by atoms with van der Waals surface area (Å²) in [4.78, 5) is 12.2. The fraction of sp³-hybridized carbons (Fsp3) is 0.238. The summed E-state index contributed by atoms with van der Waals surface area (Å²) >= 11 is 6.12. The molecule has 3 rings (SSSR count). The molecule has 0 radical (unpaired) electrons. The van der Waals surface area contributed by atoms with Gasteiger partial charge in [-0.3, -0.25) is 4.79 Å². The molecule has 0 atom stereocenters. The minimum absolute atomic E-state index is 0.0106. The highest BCUT2D eigenvalue weighted by Crippen LogP contribution is 2.31. The van der Waals surface area contributed by atoms with E-state index < -0.39 is 0 Å². The molecular formula is C21H19ClN2O. The quantitative estimate of drug-likeness (QED) is 0.785. The van der Waals surface area contributed by atoms with Crippen molar-refractivity contribution < 1.29 is 4.79 Å². The first-order chi connectivity index (χ1) is 12.1. The predicted molar refractivity (Wildman–Crippen MR) is 101 cm³/mol. The van der Waals surface area contributed by atoms with Crippen molar-refractivity contribution in [1.29, 1.82) is 5.26 Å². The van der Waals surface area contributed by atoms with Crippen molar-refractivity contribution >= 4 is 23.6 Å².